The van der Waals surface area contributed by atoms with Gasteiger partial charge >= 0.3 is 0 Å². The van der Waals surface area contributed by atoms with Crippen molar-refractivity contribution < 1.29 is 4.79 Å². The summed E-state index contributed by atoms with van der Waals surface area (Å²) in [7, 11) is 0. The zero-order chi connectivity index (χ0) is 18.5. The maximum Gasteiger partial charge on any atom is 0.272 e. The fraction of sp³-hybridized carbons (Fsp3) is 0.350. The van der Waals surface area contributed by atoms with Gasteiger partial charge in [-0.25, -0.2) is 10.4 Å². The normalized spacial score (nSPS) is 20.3. The standard InChI is InChI=1S/C20H25N5O/c1-14-9-15(2)13-25(12-14)18-6-3-16(4-7-18)10-23-24-20(26)17-5-8-19(21)22-11-17/h3-8,10-11,14-15H,9,12-13H2,1-2H3,(H2,21,22)(H,24,26)/b23-10+. The summed E-state index contributed by atoms with van der Waals surface area (Å²) in [5.41, 5.74) is 10.6. The van der Waals surface area contributed by atoms with Crippen LogP contribution in [0, 0.1) is 11.8 Å². The molecule has 1 fully saturated rings. The third-order valence-electron chi connectivity index (χ3n) is 4.56. The van der Waals surface area contributed by atoms with E-state index < -0.39 is 0 Å². The van der Waals surface area contributed by atoms with Gasteiger partial charge in [-0.1, -0.05) is 26.0 Å². The Labute approximate surface area is 154 Å². The van der Waals surface area contributed by atoms with Gasteiger partial charge in [0.05, 0.1) is 11.8 Å². The number of carbonyl (C=O) groups excluding carboxylic acids is 1. The molecule has 2 unspecified atom stereocenters. The molecule has 26 heavy (non-hydrogen) atoms. The van der Waals surface area contributed by atoms with Gasteiger partial charge in [0.15, 0.2) is 0 Å². The van der Waals surface area contributed by atoms with Gasteiger partial charge in [-0.2, -0.15) is 5.10 Å². The van der Waals surface area contributed by atoms with Gasteiger partial charge in [0.25, 0.3) is 5.91 Å². The van der Waals surface area contributed by atoms with Crippen LogP contribution in [-0.4, -0.2) is 30.2 Å². The Morgan fingerprint density at radius 2 is 1.88 bits per heavy atom. The molecular weight excluding hydrogens is 326 g/mol. The summed E-state index contributed by atoms with van der Waals surface area (Å²) in [5.74, 6) is 1.50. The molecular formula is C20H25N5O. The second-order valence-electron chi connectivity index (χ2n) is 7.11. The Bertz CT molecular complexity index is 760. The predicted molar refractivity (Wildman–Crippen MR) is 105 cm³/mol. The number of amides is 1. The summed E-state index contributed by atoms with van der Waals surface area (Å²) in [6.45, 7) is 6.82. The first-order chi connectivity index (χ1) is 12.5. The van der Waals surface area contributed by atoms with E-state index in [1.165, 1.54) is 18.3 Å². The van der Waals surface area contributed by atoms with Gasteiger partial charge in [-0.15, -0.1) is 0 Å². The monoisotopic (exact) mass is 351 g/mol. The first kappa shape index (κ1) is 17.9. The average Bonchev–Trinajstić information content (AvgIpc) is 2.62. The van der Waals surface area contributed by atoms with E-state index in [-0.39, 0.29) is 5.91 Å². The molecule has 2 aromatic rings. The van der Waals surface area contributed by atoms with Crippen molar-refractivity contribution in [2.45, 2.75) is 20.3 Å². The number of hydrogen-bond donors (Lipinski definition) is 2. The largest absolute Gasteiger partial charge is 0.384 e. The molecule has 0 aliphatic carbocycles. The van der Waals surface area contributed by atoms with E-state index in [0.717, 1.165) is 30.5 Å². The number of benzene rings is 1. The number of hydrogen-bond acceptors (Lipinski definition) is 5. The second kappa shape index (κ2) is 7.99. The van der Waals surface area contributed by atoms with Crippen molar-refractivity contribution in [3.8, 4) is 0 Å². The molecule has 2 atom stereocenters. The van der Waals surface area contributed by atoms with Crippen LogP contribution in [0.5, 0.6) is 0 Å². The third kappa shape index (κ3) is 4.59. The Kier molecular flexibility index (Phi) is 5.51. The van der Waals surface area contributed by atoms with Crippen LogP contribution < -0.4 is 16.1 Å². The van der Waals surface area contributed by atoms with Crippen LogP contribution in [0.2, 0.25) is 0 Å². The van der Waals surface area contributed by atoms with Gasteiger partial charge in [0.2, 0.25) is 0 Å². The molecule has 136 valence electrons. The summed E-state index contributed by atoms with van der Waals surface area (Å²) in [4.78, 5) is 18.3. The lowest BCUT2D eigenvalue weighted by atomic mass is 9.91. The molecule has 0 bridgehead atoms. The molecule has 1 saturated heterocycles. The molecule has 2 heterocycles. The van der Waals surface area contributed by atoms with Crippen molar-refractivity contribution >= 4 is 23.6 Å². The van der Waals surface area contributed by atoms with Gasteiger partial charge in [-0.05, 0) is 48.1 Å². The van der Waals surface area contributed by atoms with E-state index in [9.17, 15) is 4.79 Å². The zero-order valence-electron chi connectivity index (χ0n) is 15.2. The van der Waals surface area contributed by atoms with Crippen molar-refractivity contribution in [1.82, 2.24) is 10.4 Å². The van der Waals surface area contributed by atoms with Crippen molar-refractivity contribution in [3.63, 3.8) is 0 Å². The number of anilines is 2. The Balaban J connectivity index is 1.57. The fourth-order valence-corrected chi connectivity index (χ4v) is 3.41. The number of hydrazone groups is 1. The summed E-state index contributed by atoms with van der Waals surface area (Å²) in [6, 6.07) is 11.4. The molecule has 1 aromatic heterocycles. The molecule has 0 radical (unpaired) electrons. The number of nitrogens with zero attached hydrogens (tertiary/aromatic N) is 3. The topological polar surface area (TPSA) is 83.6 Å². The Morgan fingerprint density at radius 1 is 1.19 bits per heavy atom. The number of piperidine rings is 1. The van der Waals surface area contributed by atoms with Crippen molar-refractivity contribution in [3.05, 3.63) is 53.7 Å². The highest BCUT2D eigenvalue weighted by Crippen LogP contribution is 2.26. The lowest BCUT2D eigenvalue weighted by Crippen LogP contribution is -2.38. The molecule has 1 amide bonds. The summed E-state index contributed by atoms with van der Waals surface area (Å²) < 4.78 is 0. The smallest absolute Gasteiger partial charge is 0.272 e. The Hall–Kier alpha value is -2.89. The highest BCUT2D eigenvalue weighted by molar-refractivity contribution is 5.94. The molecule has 3 N–H and O–H groups in total. The lowest BCUT2D eigenvalue weighted by molar-refractivity contribution is 0.0955. The van der Waals surface area contributed by atoms with E-state index >= 15 is 0 Å². The van der Waals surface area contributed by atoms with Crippen LogP contribution >= 0.6 is 0 Å². The Morgan fingerprint density at radius 3 is 2.50 bits per heavy atom. The minimum atomic E-state index is -0.318. The molecule has 1 aliphatic heterocycles. The minimum absolute atomic E-state index is 0.318. The molecule has 3 rings (SSSR count). The summed E-state index contributed by atoms with van der Waals surface area (Å²) >= 11 is 0. The van der Waals surface area contributed by atoms with Crippen molar-refractivity contribution in [2.24, 2.45) is 16.9 Å². The van der Waals surface area contributed by atoms with Gasteiger partial charge < -0.3 is 10.6 Å². The number of rotatable bonds is 4. The molecule has 6 nitrogen and oxygen atoms in total. The van der Waals surface area contributed by atoms with E-state index in [0.29, 0.717) is 11.4 Å². The van der Waals surface area contributed by atoms with Gasteiger partial charge in [-0.3, -0.25) is 4.79 Å². The number of nitrogen functional groups attached to an aromatic ring is 1. The summed E-state index contributed by atoms with van der Waals surface area (Å²) in [6.07, 6.45) is 4.36. The number of aromatic nitrogens is 1. The van der Waals surface area contributed by atoms with Crippen molar-refractivity contribution in [1.29, 1.82) is 0 Å². The van der Waals surface area contributed by atoms with E-state index in [1.807, 2.05) is 12.1 Å². The van der Waals surface area contributed by atoms with E-state index in [4.69, 9.17) is 5.73 Å². The van der Waals surface area contributed by atoms with Crippen LogP contribution in [0.25, 0.3) is 0 Å². The maximum atomic E-state index is 12.0. The molecule has 1 aromatic carbocycles. The van der Waals surface area contributed by atoms with Crippen LogP contribution in [0.4, 0.5) is 11.5 Å². The van der Waals surface area contributed by atoms with E-state index in [2.05, 4.69) is 46.4 Å². The van der Waals surface area contributed by atoms with E-state index in [1.54, 1.807) is 18.3 Å². The molecule has 1 aliphatic rings. The average molecular weight is 351 g/mol. The summed E-state index contributed by atoms with van der Waals surface area (Å²) in [5, 5.41) is 4.01. The number of carbonyl (C=O) groups is 1. The molecule has 0 saturated carbocycles. The maximum absolute atomic E-state index is 12.0. The second-order valence-corrected chi connectivity index (χ2v) is 7.11. The quantitative estimate of drug-likeness (QED) is 0.655. The SMILES string of the molecule is CC1CC(C)CN(c2ccc(/C=N/NC(=O)c3ccc(N)nc3)cc2)C1. The zero-order valence-corrected chi connectivity index (χ0v) is 15.2. The molecule has 6 heteroatoms. The van der Waals surface area contributed by atoms with Crippen LogP contribution in [0.3, 0.4) is 0 Å². The van der Waals surface area contributed by atoms with Gasteiger partial charge in [0, 0.05) is 25.0 Å². The van der Waals surface area contributed by atoms with Crippen LogP contribution in [0.1, 0.15) is 36.2 Å². The van der Waals surface area contributed by atoms with Crippen LogP contribution in [-0.2, 0) is 0 Å². The van der Waals surface area contributed by atoms with Crippen molar-refractivity contribution in [2.75, 3.05) is 23.7 Å². The fourth-order valence-electron chi connectivity index (χ4n) is 3.41. The third-order valence-corrected chi connectivity index (χ3v) is 4.56. The lowest BCUT2D eigenvalue weighted by Gasteiger charge is -2.36. The number of pyridine rings is 1. The minimum Gasteiger partial charge on any atom is -0.384 e. The first-order valence-electron chi connectivity index (χ1n) is 8.91. The molecule has 0 spiro atoms. The number of nitrogens with one attached hydrogen (secondary N) is 1. The van der Waals surface area contributed by atoms with Gasteiger partial charge in [0.1, 0.15) is 5.82 Å². The highest BCUT2D eigenvalue weighted by Gasteiger charge is 2.21. The van der Waals surface area contributed by atoms with Crippen LogP contribution in [0.15, 0.2) is 47.7 Å². The predicted octanol–water partition coefficient (Wildman–Crippen LogP) is 2.91. The number of nitrogens with two attached hydrogens (primary N) is 1. The first-order valence-corrected chi connectivity index (χ1v) is 8.91. The highest BCUT2D eigenvalue weighted by atomic mass is 16.2.